The maximum atomic E-state index is 11.3. The quantitative estimate of drug-likeness (QED) is 0.320. The van der Waals surface area contributed by atoms with Crippen LogP contribution in [-0.2, 0) is 17.9 Å². The van der Waals surface area contributed by atoms with Crippen LogP contribution in [0.3, 0.4) is 0 Å². The van der Waals surface area contributed by atoms with E-state index in [9.17, 15) is 9.90 Å². The Kier molecular flexibility index (Phi) is 7.51. The summed E-state index contributed by atoms with van der Waals surface area (Å²) in [5.74, 6) is 0.546. The van der Waals surface area contributed by atoms with Crippen molar-refractivity contribution >= 4 is 45.0 Å². The van der Waals surface area contributed by atoms with Gasteiger partial charge in [0.25, 0.3) is 0 Å². The Morgan fingerprint density at radius 3 is 2.61 bits per heavy atom. The van der Waals surface area contributed by atoms with Crippen molar-refractivity contribution in [3.05, 3.63) is 88.9 Å². The molecule has 38 heavy (non-hydrogen) atoms. The molecule has 196 valence electrons. The van der Waals surface area contributed by atoms with Crippen LogP contribution in [0, 0.1) is 0 Å². The van der Waals surface area contributed by atoms with Crippen LogP contribution in [0.25, 0.3) is 10.2 Å². The van der Waals surface area contributed by atoms with Crippen LogP contribution in [0.5, 0.6) is 5.75 Å². The Labute approximate surface area is 230 Å². The molecule has 2 fully saturated rings. The molecule has 6 rings (SSSR count). The first kappa shape index (κ1) is 25.2. The second-order valence-corrected chi connectivity index (χ2v) is 11.9. The van der Waals surface area contributed by atoms with E-state index in [1.54, 1.807) is 23.1 Å². The van der Waals surface area contributed by atoms with E-state index in [-0.39, 0.29) is 5.37 Å². The second-order valence-electron chi connectivity index (χ2n) is 9.66. The van der Waals surface area contributed by atoms with Crippen LogP contribution < -0.4 is 15.0 Å². The average Bonchev–Trinajstić information content (AvgIpc) is 3.61. The van der Waals surface area contributed by atoms with Crippen LogP contribution in [0.2, 0.25) is 0 Å². The van der Waals surface area contributed by atoms with Crippen molar-refractivity contribution in [1.29, 1.82) is 0 Å². The van der Waals surface area contributed by atoms with Crippen molar-refractivity contribution in [2.75, 3.05) is 36.8 Å². The number of nitrogens with one attached hydrogen (secondary N) is 1. The van der Waals surface area contributed by atoms with E-state index < -0.39 is 12.0 Å². The smallest absolute Gasteiger partial charge is 0.321 e. The molecular formula is C29H30N4O3S2. The largest absolute Gasteiger partial charge is 0.489 e. The van der Waals surface area contributed by atoms with E-state index in [1.807, 2.05) is 18.2 Å². The monoisotopic (exact) mass is 546 g/mol. The lowest BCUT2D eigenvalue weighted by molar-refractivity contribution is -0.138. The first-order valence-corrected chi connectivity index (χ1v) is 14.7. The number of carboxylic acids is 1. The van der Waals surface area contributed by atoms with Gasteiger partial charge in [-0.1, -0.05) is 42.5 Å². The third kappa shape index (κ3) is 5.81. The topological polar surface area (TPSA) is 77.9 Å². The summed E-state index contributed by atoms with van der Waals surface area (Å²) in [5.41, 5.74) is 4.68. The van der Waals surface area contributed by atoms with E-state index in [2.05, 4.69) is 69.7 Å². The number of piperazine rings is 1. The minimum atomic E-state index is -0.813. The summed E-state index contributed by atoms with van der Waals surface area (Å²) >= 11 is 3.18. The molecule has 3 aromatic carbocycles. The number of hydrogen-bond acceptors (Lipinski definition) is 8. The Bertz CT molecular complexity index is 1410. The molecule has 2 atom stereocenters. The highest BCUT2D eigenvalue weighted by Crippen LogP contribution is 2.38. The van der Waals surface area contributed by atoms with Gasteiger partial charge in [-0.2, -0.15) is 0 Å². The van der Waals surface area contributed by atoms with Crippen molar-refractivity contribution in [3.63, 3.8) is 0 Å². The Hall–Kier alpha value is -3.11. The highest BCUT2D eigenvalue weighted by molar-refractivity contribution is 7.99. The summed E-state index contributed by atoms with van der Waals surface area (Å²) < 4.78 is 7.20. The zero-order valence-corrected chi connectivity index (χ0v) is 22.6. The number of aromatic nitrogens is 1. The molecule has 3 heterocycles. The van der Waals surface area contributed by atoms with Gasteiger partial charge in [0.15, 0.2) is 0 Å². The molecule has 0 bridgehead atoms. The normalized spacial score (nSPS) is 20.2. The van der Waals surface area contributed by atoms with Crippen LogP contribution in [0.15, 0.2) is 72.8 Å². The van der Waals surface area contributed by atoms with Gasteiger partial charge in [0.1, 0.15) is 28.8 Å². The number of ether oxygens (including phenoxy) is 1. The molecular weight excluding hydrogens is 516 g/mol. The van der Waals surface area contributed by atoms with Gasteiger partial charge in [0, 0.05) is 44.2 Å². The minimum Gasteiger partial charge on any atom is -0.489 e. The lowest BCUT2D eigenvalue weighted by Crippen LogP contribution is -2.45. The number of thioether (sulfide) groups is 1. The first-order chi connectivity index (χ1) is 18.6. The first-order valence-electron chi connectivity index (χ1n) is 12.8. The van der Waals surface area contributed by atoms with Crippen molar-refractivity contribution in [3.8, 4) is 5.75 Å². The number of rotatable bonds is 8. The fraction of sp³-hybridized carbons (Fsp3) is 0.310. The van der Waals surface area contributed by atoms with Crippen molar-refractivity contribution < 1.29 is 14.6 Å². The van der Waals surface area contributed by atoms with Crippen LogP contribution in [0.4, 0.5) is 5.69 Å². The number of hydrogen-bond donors (Lipinski definition) is 2. The van der Waals surface area contributed by atoms with E-state index >= 15 is 0 Å². The van der Waals surface area contributed by atoms with Gasteiger partial charge in [-0.15, -0.1) is 23.1 Å². The summed E-state index contributed by atoms with van der Waals surface area (Å²) in [7, 11) is 0. The minimum absolute atomic E-state index is 0.0816. The summed E-state index contributed by atoms with van der Waals surface area (Å²) in [6, 6.07) is 24.8. The fourth-order valence-electron chi connectivity index (χ4n) is 4.93. The molecule has 0 amide bonds. The Morgan fingerprint density at radius 2 is 1.82 bits per heavy atom. The Balaban J connectivity index is 1.04. The third-order valence-electron chi connectivity index (χ3n) is 6.98. The lowest BCUT2D eigenvalue weighted by Gasteiger charge is -2.36. The van der Waals surface area contributed by atoms with Gasteiger partial charge in [0.2, 0.25) is 0 Å². The number of para-hydroxylation sites is 1. The number of aliphatic carboxylic acids is 1. The van der Waals surface area contributed by atoms with Crippen molar-refractivity contribution in [2.45, 2.75) is 24.6 Å². The number of fused-ring (bicyclic) bond motifs is 1. The van der Waals surface area contributed by atoms with Crippen molar-refractivity contribution in [1.82, 2.24) is 15.2 Å². The van der Waals surface area contributed by atoms with Crippen LogP contribution in [-0.4, -0.2) is 58.9 Å². The van der Waals surface area contributed by atoms with Gasteiger partial charge < -0.3 is 14.7 Å². The van der Waals surface area contributed by atoms with Gasteiger partial charge in [0.05, 0.1) is 10.2 Å². The van der Waals surface area contributed by atoms with Crippen LogP contribution >= 0.6 is 23.1 Å². The molecule has 2 saturated heterocycles. The summed E-state index contributed by atoms with van der Waals surface area (Å²) in [6.45, 7) is 5.65. The number of anilines is 1. The molecule has 1 aromatic heterocycles. The summed E-state index contributed by atoms with van der Waals surface area (Å²) in [5, 5.41) is 13.2. The van der Waals surface area contributed by atoms with Gasteiger partial charge in [-0.05, 0) is 41.5 Å². The average molecular weight is 547 g/mol. The molecule has 0 aliphatic carbocycles. The zero-order chi connectivity index (χ0) is 25.9. The highest BCUT2D eigenvalue weighted by Gasteiger charge is 2.32. The van der Waals surface area contributed by atoms with E-state index in [0.717, 1.165) is 59.3 Å². The second kappa shape index (κ2) is 11.3. The van der Waals surface area contributed by atoms with Gasteiger partial charge in [-0.3, -0.25) is 15.0 Å². The highest BCUT2D eigenvalue weighted by atomic mass is 32.2. The predicted molar refractivity (Wildman–Crippen MR) is 154 cm³/mol. The van der Waals surface area contributed by atoms with Gasteiger partial charge in [-0.25, -0.2) is 4.98 Å². The van der Waals surface area contributed by atoms with E-state index in [1.165, 1.54) is 11.3 Å². The predicted octanol–water partition coefficient (Wildman–Crippen LogP) is 4.99. The van der Waals surface area contributed by atoms with E-state index in [4.69, 9.17) is 9.72 Å². The molecule has 7 nitrogen and oxygen atoms in total. The standard InChI is InChI=1S/C29H30N4O3S2/c34-29(35)25-19-37-27(31-25)28-30-24-10-9-23(16-26(24)38-28)36-18-21-6-4-5-20(15-21)17-32-11-13-33(14-12-32)22-7-2-1-3-8-22/h1-10,15-16,25,27,31H,11-14,17-19H2,(H,34,35). The summed E-state index contributed by atoms with van der Waals surface area (Å²) in [4.78, 5) is 20.9. The summed E-state index contributed by atoms with van der Waals surface area (Å²) in [6.07, 6.45) is 0. The van der Waals surface area contributed by atoms with Gasteiger partial charge >= 0.3 is 5.97 Å². The molecule has 2 N–H and O–H groups in total. The van der Waals surface area contributed by atoms with E-state index in [0.29, 0.717) is 12.4 Å². The fourth-order valence-corrected chi connectivity index (χ4v) is 7.29. The number of thiazole rings is 1. The maximum absolute atomic E-state index is 11.3. The molecule has 4 aromatic rings. The van der Waals surface area contributed by atoms with Crippen LogP contribution in [0.1, 0.15) is 21.5 Å². The molecule has 0 spiro atoms. The Morgan fingerprint density at radius 1 is 1.00 bits per heavy atom. The third-order valence-corrected chi connectivity index (χ3v) is 9.43. The maximum Gasteiger partial charge on any atom is 0.321 e. The molecule has 0 saturated carbocycles. The number of carboxylic acid groups (broad SMARTS) is 1. The molecule has 2 aliphatic rings. The number of benzene rings is 3. The SMILES string of the molecule is O=C(O)C1CSC(c2nc3ccc(OCc4cccc(CN5CCN(c6ccccc6)CC5)c4)cc3s2)N1. The molecule has 2 unspecified atom stereocenters. The lowest BCUT2D eigenvalue weighted by atomic mass is 10.1. The zero-order valence-electron chi connectivity index (χ0n) is 21.0. The number of carbonyl (C=O) groups is 1. The molecule has 0 radical (unpaired) electrons. The molecule has 2 aliphatic heterocycles. The molecule has 9 heteroatoms. The van der Waals surface area contributed by atoms with Crippen molar-refractivity contribution in [2.24, 2.45) is 0 Å². The number of nitrogens with zero attached hydrogens (tertiary/aromatic N) is 3.